The van der Waals surface area contributed by atoms with Gasteiger partial charge in [-0.2, -0.15) is 0 Å². The Morgan fingerprint density at radius 1 is 0.939 bits per heavy atom. The van der Waals surface area contributed by atoms with Crippen LogP contribution in [0.5, 0.6) is 0 Å². The third-order valence-electron chi connectivity index (χ3n) is 9.87. The fourth-order valence-electron chi connectivity index (χ4n) is 6.57. The number of aliphatic hydroxyl groups excluding tert-OH is 1. The SMILES string of the molecule is CC(C)Cc1cc(CC(C)C)c2c(ccc3c(-c4[c-]ccc(C5CCCCC5)c4)ncnc32)c1.CCC(C)(C)/C(O)=C/C(=O)C(C)(C)C.[Ir]. The first kappa shape index (κ1) is 40.5. The molecule has 1 N–H and O–H groups in total. The van der Waals surface area contributed by atoms with Gasteiger partial charge in [0, 0.05) is 42.4 Å². The molecular formula is C44H59IrN2O2-. The second kappa shape index (κ2) is 17.4. The van der Waals surface area contributed by atoms with Crippen LogP contribution in [0, 0.1) is 28.7 Å². The number of hydrogen-bond donors (Lipinski definition) is 1. The first-order valence-corrected chi connectivity index (χ1v) is 18.3. The van der Waals surface area contributed by atoms with Crippen LogP contribution in [0.4, 0.5) is 0 Å². The summed E-state index contributed by atoms with van der Waals surface area (Å²) in [6, 6.07) is 19.5. The van der Waals surface area contributed by atoms with Crippen molar-refractivity contribution in [2.45, 2.75) is 127 Å². The Morgan fingerprint density at radius 3 is 2.22 bits per heavy atom. The van der Waals surface area contributed by atoms with Gasteiger partial charge in [0.25, 0.3) is 0 Å². The maximum absolute atomic E-state index is 11.6. The maximum atomic E-state index is 11.6. The quantitative estimate of drug-likeness (QED) is 0.0789. The van der Waals surface area contributed by atoms with Crippen molar-refractivity contribution in [1.29, 1.82) is 0 Å². The van der Waals surface area contributed by atoms with Gasteiger partial charge in [0.15, 0.2) is 5.78 Å². The molecule has 5 rings (SSSR count). The Bertz CT molecular complexity index is 1740. The zero-order valence-electron chi connectivity index (χ0n) is 31.7. The van der Waals surface area contributed by atoms with Gasteiger partial charge >= 0.3 is 0 Å². The van der Waals surface area contributed by atoms with Gasteiger partial charge in [-0.1, -0.05) is 113 Å². The third kappa shape index (κ3) is 10.6. The molecule has 0 atom stereocenters. The van der Waals surface area contributed by atoms with Gasteiger partial charge in [-0.15, -0.1) is 35.4 Å². The van der Waals surface area contributed by atoms with E-state index in [4.69, 9.17) is 9.97 Å². The van der Waals surface area contributed by atoms with Gasteiger partial charge in [0.1, 0.15) is 12.1 Å². The zero-order chi connectivity index (χ0) is 35.2. The fourth-order valence-corrected chi connectivity index (χ4v) is 6.57. The van der Waals surface area contributed by atoms with Crippen molar-refractivity contribution in [3.8, 4) is 11.3 Å². The second-order valence-corrected chi connectivity index (χ2v) is 16.5. The average Bonchev–Trinajstić information content (AvgIpc) is 3.04. The summed E-state index contributed by atoms with van der Waals surface area (Å²) < 4.78 is 0. The van der Waals surface area contributed by atoms with E-state index >= 15 is 0 Å². The summed E-state index contributed by atoms with van der Waals surface area (Å²) in [7, 11) is 0. The van der Waals surface area contributed by atoms with Crippen molar-refractivity contribution >= 4 is 27.5 Å². The molecule has 1 aliphatic carbocycles. The molecule has 267 valence electrons. The summed E-state index contributed by atoms with van der Waals surface area (Å²) in [4.78, 5) is 21.2. The molecule has 1 heterocycles. The fraction of sp³-hybridized carbons (Fsp3) is 0.523. The molecule has 5 heteroatoms. The molecule has 1 saturated carbocycles. The maximum Gasteiger partial charge on any atom is 0.164 e. The Kier molecular flexibility index (Phi) is 14.4. The molecule has 0 spiro atoms. The molecule has 0 saturated heterocycles. The van der Waals surface area contributed by atoms with E-state index in [-0.39, 0.29) is 37.1 Å². The summed E-state index contributed by atoms with van der Waals surface area (Å²) in [5.41, 5.74) is 6.74. The molecule has 1 fully saturated rings. The van der Waals surface area contributed by atoms with E-state index in [1.54, 1.807) is 6.33 Å². The van der Waals surface area contributed by atoms with Crippen molar-refractivity contribution in [2.24, 2.45) is 22.7 Å². The van der Waals surface area contributed by atoms with Crippen LogP contribution >= 0.6 is 0 Å². The van der Waals surface area contributed by atoms with E-state index in [0.29, 0.717) is 17.8 Å². The summed E-state index contributed by atoms with van der Waals surface area (Å²) in [6.07, 6.45) is 12.8. The smallest absolute Gasteiger partial charge is 0.164 e. The number of aliphatic hydroxyl groups is 1. The van der Waals surface area contributed by atoms with Crippen molar-refractivity contribution in [1.82, 2.24) is 9.97 Å². The molecule has 4 nitrogen and oxygen atoms in total. The number of fused-ring (bicyclic) bond motifs is 3. The van der Waals surface area contributed by atoms with Gasteiger partial charge < -0.3 is 5.11 Å². The summed E-state index contributed by atoms with van der Waals surface area (Å²) in [5.74, 6) is 2.06. The van der Waals surface area contributed by atoms with Crippen molar-refractivity contribution in [3.63, 3.8) is 0 Å². The molecule has 0 unspecified atom stereocenters. The van der Waals surface area contributed by atoms with Gasteiger partial charge in [0.05, 0.1) is 5.52 Å². The van der Waals surface area contributed by atoms with Crippen molar-refractivity contribution in [2.75, 3.05) is 0 Å². The largest absolute Gasteiger partial charge is 0.512 e. The number of benzene rings is 3. The predicted octanol–water partition coefficient (Wildman–Crippen LogP) is 12.2. The minimum absolute atomic E-state index is 0. The Labute approximate surface area is 310 Å². The predicted molar refractivity (Wildman–Crippen MR) is 203 cm³/mol. The monoisotopic (exact) mass is 840 g/mol. The molecule has 0 aliphatic heterocycles. The Hall–Kier alpha value is -2.88. The van der Waals surface area contributed by atoms with Crippen LogP contribution in [-0.2, 0) is 37.7 Å². The average molecular weight is 840 g/mol. The number of nitrogens with zero attached hydrogens (tertiary/aromatic N) is 2. The van der Waals surface area contributed by atoms with Crippen LogP contribution in [0.25, 0.3) is 32.9 Å². The molecule has 1 radical (unpaired) electrons. The molecule has 0 bridgehead atoms. The van der Waals surface area contributed by atoms with E-state index in [1.165, 1.54) is 65.6 Å². The molecule has 49 heavy (non-hydrogen) atoms. The van der Waals surface area contributed by atoms with Crippen LogP contribution in [0.15, 0.2) is 60.6 Å². The van der Waals surface area contributed by atoms with Gasteiger partial charge in [-0.05, 0) is 77.5 Å². The number of rotatable bonds is 9. The minimum atomic E-state index is -0.419. The normalized spacial score (nSPS) is 14.6. The minimum Gasteiger partial charge on any atom is -0.512 e. The number of ketones is 1. The summed E-state index contributed by atoms with van der Waals surface area (Å²) >= 11 is 0. The molecule has 4 aromatic rings. The Morgan fingerprint density at radius 2 is 1.61 bits per heavy atom. The second-order valence-electron chi connectivity index (χ2n) is 16.5. The van der Waals surface area contributed by atoms with Crippen LogP contribution < -0.4 is 0 Å². The standard InChI is InChI=1S/C32H37N2.C12H22O2.Ir/c1-21(2)15-23-17-26-13-14-29-31(27-12-8-11-25(19-27)24-9-6-5-7-10-24)33-20-34-32(29)30(26)28(18-23)16-22(3)4;1-7-12(5,6)10(14)8-9(13)11(2,3)4;/h8,11,13-14,17-22,24H,5-7,9-10,15-16H2,1-4H3;8,14H,7H2,1-6H3;/q-1;;/b;10-8-;. The molecule has 0 amide bonds. The molecule has 3 aromatic carbocycles. The molecule has 1 aliphatic rings. The van der Waals surface area contributed by atoms with E-state index in [1.807, 2.05) is 41.5 Å². The summed E-state index contributed by atoms with van der Waals surface area (Å²) in [6.45, 7) is 20.6. The van der Waals surface area contributed by atoms with Crippen LogP contribution in [-0.4, -0.2) is 20.9 Å². The van der Waals surface area contributed by atoms with Crippen LogP contribution in [0.2, 0.25) is 0 Å². The number of carbonyl (C=O) groups is 1. The van der Waals surface area contributed by atoms with Crippen LogP contribution in [0.3, 0.4) is 0 Å². The van der Waals surface area contributed by atoms with Gasteiger partial charge in [-0.25, -0.2) is 4.98 Å². The number of hydrogen-bond acceptors (Lipinski definition) is 4. The Balaban J connectivity index is 0.000000370. The first-order valence-electron chi connectivity index (χ1n) is 18.3. The van der Waals surface area contributed by atoms with E-state index < -0.39 is 5.41 Å². The van der Waals surface area contributed by atoms with E-state index in [0.717, 1.165) is 41.4 Å². The third-order valence-corrected chi connectivity index (χ3v) is 9.87. The number of allylic oxidation sites excluding steroid dienone is 2. The van der Waals surface area contributed by atoms with Crippen molar-refractivity contribution in [3.05, 3.63) is 83.4 Å². The van der Waals surface area contributed by atoms with Crippen molar-refractivity contribution < 1.29 is 30.0 Å². The van der Waals surface area contributed by atoms with E-state index in [9.17, 15) is 9.90 Å². The number of carbonyl (C=O) groups excluding carboxylic acids is 1. The zero-order valence-corrected chi connectivity index (χ0v) is 34.1. The topological polar surface area (TPSA) is 63.1 Å². The number of aromatic nitrogens is 2. The molecular weight excluding hydrogens is 781 g/mol. The summed E-state index contributed by atoms with van der Waals surface area (Å²) in [5, 5.41) is 13.5. The van der Waals surface area contributed by atoms with Crippen LogP contribution in [0.1, 0.15) is 130 Å². The van der Waals surface area contributed by atoms with E-state index in [2.05, 4.69) is 76.2 Å². The van der Waals surface area contributed by atoms with Gasteiger partial charge in [0.2, 0.25) is 0 Å². The first-order chi connectivity index (χ1) is 22.6. The van der Waals surface area contributed by atoms with Gasteiger partial charge in [-0.3, -0.25) is 9.78 Å². The molecule has 1 aromatic heterocycles.